The lowest BCUT2D eigenvalue weighted by Crippen LogP contribution is -2.29. The number of benzene rings is 1. The van der Waals surface area contributed by atoms with E-state index in [9.17, 15) is 0 Å². The summed E-state index contributed by atoms with van der Waals surface area (Å²) in [6, 6.07) is 9.48. The molecule has 0 saturated heterocycles. The summed E-state index contributed by atoms with van der Waals surface area (Å²) in [5.41, 5.74) is 0.863. The minimum absolute atomic E-state index is 0.586. The quantitative estimate of drug-likeness (QED) is 0.592. The topological polar surface area (TPSA) is 37.2 Å². The van der Waals surface area contributed by atoms with Crippen molar-refractivity contribution in [3.63, 3.8) is 0 Å². The standard InChI is InChI=1S/C14H14BrClN2OS/c15-12-6-5-10(9-13(12)16)18-14(20)17-7-1-3-11-4-2-8-19-11/h2,4-6,8-9H,1,3,7H2,(H2,17,18,20). The molecule has 1 aromatic carbocycles. The highest BCUT2D eigenvalue weighted by Crippen LogP contribution is 2.25. The van der Waals surface area contributed by atoms with E-state index in [0.717, 1.165) is 35.3 Å². The van der Waals surface area contributed by atoms with E-state index < -0.39 is 0 Å². The van der Waals surface area contributed by atoms with Crippen LogP contribution in [0.1, 0.15) is 12.2 Å². The second kappa shape index (κ2) is 7.67. The molecule has 3 nitrogen and oxygen atoms in total. The summed E-state index contributed by atoms with van der Waals surface area (Å²) >= 11 is 14.6. The van der Waals surface area contributed by atoms with Crippen molar-refractivity contribution in [2.75, 3.05) is 11.9 Å². The zero-order valence-corrected chi connectivity index (χ0v) is 13.8. The van der Waals surface area contributed by atoms with Gasteiger partial charge in [-0.25, -0.2) is 0 Å². The molecule has 0 amide bonds. The van der Waals surface area contributed by atoms with Crippen molar-refractivity contribution < 1.29 is 4.42 Å². The number of anilines is 1. The zero-order chi connectivity index (χ0) is 14.4. The van der Waals surface area contributed by atoms with Crippen LogP contribution in [0.5, 0.6) is 0 Å². The van der Waals surface area contributed by atoms with Crippen LogP contribution in [0.2, 0.25) is 5.02 Å². The Balaban J connectivity index is 1.71. The Bertz CT molecular complexity index is 575. The van der Waals surface area contributed by atoms with Gasteiger partial charge in [0, 0.05) is 23.1 Å². The third-order valence-electron chi connectivity index (χ3n) is 2.64. The Kier molecular flexibility index (Phi) is 5.88. The number of hydrogen-bond acceptors (Lipinski definition) is 2. The molecule has 0 atom stereocenters. The molecule has 1 aromatic heterocycles. The van der Waals surface area contributed by atoms with Gasteiger partial charge in [0.15, 0.2) is 5.11 Å². The highest BCUT2D eigenvalue weighted by molar-refractivity contribution is 9.10. The van der Waals surface area contributed by atoms with Gasteiger partial charge in [0.05, 0.1) is 11.3 Å². The van der Waals surface area contributed by atoms with Crippen LogP contribution in [0.15, 0.2) is 45.5 Å². The maximum atomic E-state index is 6.02. The van der Waals surface area contributed by atoms with Crippen LogP contribution in [-0.4, -0.2) is 11.7 Å². The van der Waals surface area contributed by atoms with E-state index in [0.29, 0.717) is 10.1 Å². The van der Waals surface area contributed by atoms with Gasteiger partial charge in [-0.05, 0) is 64.9 Å². The molecule has 2 rings (SSSR count). The fourth-order valence-corrected chi connectivity index (χ4v) is 2.32. The van der Waals surface area contributed by atoms with Crippen LogP contribution < -0.4 is 10.6 Å². The number of rotatable bonds is 5. The molecule has 1 heterocycles. The summed E-state index contributed by atoms with van der Waals surface area (Å²) in [4.78, 5) is 0. The average molecular weight is 374 g/mol. The lowest BCUT2D eigenvalue weighted by atomic mass is 10.2. The van der Waals surface area contributed by atoms with Gasteiger partial charge in [0.25, 0.3) is 0 Å². The van der Waals surface area contributed by atoms with Gasteiger partial charge in [-0.1, -0.05) is 11.6 Å². The van der Waals surface area contributed by atoms with Gasteiger partial charge in [0.2, 0.25) is 0 Å². The van der Waals surface area contributed by atoms with Gasteiger partial charge in [0.1, 0.15) is 5.76 Å². The third-order valence-corrected chi connectivity index (χ3v) is 4.12. The summed E-state index contributed by atoms with van der Waals surface area (Å²) in [7, 11) is 0. The molecule has 0 radical (unpaired) electrons. The first-order chi connectivity index (χ1) is 9.65. The van der Waals surface area contributed by atoms with E-state index in [-0.39, 0.29) is 0 Å². The first-order valence-electron chi connectivity index (χ1n) is 6.17. The largest absolute Gasteiger partial charge is 0.469 e. The smallest absolute Gasteiger partial charge is 0.170 e. The summed E-state index contributed by atoms with van der Waals surface area (Å²) < 4.78 is 6.13. The molecule has 6 heteroatoms. The van der Waals surface area contributed by atoms with Crippen molar-refractivity contribution in [1.82, 2.24) is 5.32 Å². The van der Waals surface area contributed by atoms with E-state index in [1.54, 1.807) is 6.26 Å². The van der Waals surface area contributed by atoms with Crippen molar-refractivity contribution in [3.05, 3.63) is 51.9 Å². The third kappa shape index (κ3) is 4.81. The fourth-order valence-electron chi connectivity index (χ4n) is 1.67. The van der Waals surface area contributed by atoms with Crippen LogP contribution in [0.4, 0.5) is 5.69 Å². The Morgan fingerprint density at radius 1 is 1.35 bits per heavy atom. The molecule has 0 aliphatic carbocycles. The van der Waals surface area contributed by atoms with Gasteiger partial charge in [-0.15, -0.1) is 0 Å². The van der Waals surface area contributed by atoms with E-state index in [1.165, 1.54) is 0 Å². The normalized spacial score (nSPS) is 10.3. The maximum Gasteiger partial charge on any atom is 0.170 e. The minimum Gasteiger partial charge on any atom is -0.469 e. The van der Waals surface area contributed by atoms with E-state index in [4.69, 9.17) is 28.2 Å². The van der Waals surface area contributed by atoms with Crippen LogP contribution in [0.25, 0.3) is 0 Å². The van der Waals surface area contributed by atoms with Crippen molar-refractivity contribution in [1.29, 1.82) is 0 Å². The summed E-state index contributed by atoms with van der Waals surface area (Å²) in [5, 5.41) is 7.48. The highest BCUT2D eigenvalue weighted by atomic mass is 79.9. The van der Waals surface area contributed by atoms with Crippen molar-refractivity contribution in [2.45, 2.75) is 12.8 Å². The molecule has 0 spiro atoms. The second-order valence-electron chi connectivity index (χ2n) is 4.19. The molecule has 0 bridgehead atoms. The maximum absolute atomic E-state index is 6.02. The van der Waals surface area contributed by atoms with E-state index in [2.05, 4.69) is 26.6 Å². The number of aryl methyl sites for hydroxylation is 1. The minimum atomic E-state index is 0.586. The number of thiocarbonyl (C=S) groups is 1. The SMILES string of the molecule is S=C(NCCCc1ccco1)Nc1ccc(Br)c(Cl)c1. The van der Waals surface area contributed by atoms with Gasteiger partial charge >= 0.3 is 0 Å². The Morgan fingerprint density at radius 3 is 2.90 bits per heavy atom. The monoisotopic (exact) mass is 372 g/mol. The Hall–Kier alpha value is -1.04. The second-order valence-corrected chi connectivity index (χ2v) is 5.86. The van der Waals surface area contributed by atoms with Crippen molar-refractivity contribution >= 4 is 50.5 Å². The van der Waals surface area contributed by atoms with Crippen molar-refractivity contribution in [2.24, 2.45) is 0 Å². The summed E-state index contributed by atoms with van der Waals surface area (Å²) in [5.74, 6) is 0.991. The summed E-state index contributed by atoms with van der Waals surface area (Å²) in [6.45, 7) is 0.788. The number of furan rings is 1. The van der Waals surface area contributed by atoms with Crippen LogP contribution in [0.3, 0.4) is 0 Å². The van der Waals surface area contributed by atoms with Crippen LogP contribution in [-0.2, 0) is 6.42 Å². The first kappa shape index (κ1) is 15.4. The lowest BCUT2D eigenvalue weighted by molar-refractivity contribution is 0.501. The Morgan fingerprint density at radius 2 is 2.20 bits per heavy atom. The van der Waals surface area contributed by atoms with Gasteiger partial charge in [-0.2, -0.15) is 0 Å². The molecular formula is C14H14BrClN2OS. The average Bonchev–Trinajstić information content (AvgIpc) is 2.92. The number of hydrogen-bond donors (Lipinski definition) is 2. The van der Waals surface area contributed by atoms with E-state index in [1.807, 2.05) is 30.3 Å². The molecule has 2 aromatic rings. The highest BCUT2D eigenvalue weighted by Gasteiger charge is 2.01. The lowest BCUT2D eigenvalue weighted by Gasteiger charge is -2.10. The predicted molar refractivity (Wildman–Crippen MR) is 90.4 cm³/mol. The molecule has 106 valence electrons. The first-order valence-corrected chi connectivity index (χ1v) is 7.75. The summed E-state index contributed by atoms with van der Waals surface area (Å²) in [6.07, 6.45) is 3.54. The number of halogens is 2. The molecule has 0 unspecified atom stereocenters. The molecule has 0 aliphatic heterocycles. The molecule has 0 aliphatic rings. The molecule has 2 N–H and O–H groups in total. The van der Waals surface area contributed by atoms with Crippen LogP contribution >= 0.6 is 39.7 Å². The Labute approximate surface area is 136 Å². The zero-order valence-electron chi connectivity index (χ0n) is 10.7. The van der Waals surface area contributed by atoms with Gasteiger partial charge in [-0.3, -0.25) is 0 Å². The fraction of sp³-hybridized carbons (Fsp3) is 0.214. The number of nitrogens with one attached hydrogen (secondary N) is 2. The molecule has 0 fully saturated rings. The van der Waals surface area contributed by atoms with Crippen molar-refractivity contribution in [3.8, 4) is 0 Å². The molecule has 20 heavy (non-hydrogen) atoms. The predicted octanol–water partition coefficient (Wildman–Crippen LogP) is 4.61. The van der Waals surface area contributed by atoms with E-state index >= 15 is 0 Å². The molecule has 0 saturated carbocycles. The molecular weight excluding hydrogens is 360 g/mol. The van der Waals surface area contributed by atoms with Crippen LogP contribution in [0, 0.1) is 0 Å². The van der Waals surface area contributed by atoms with Gasteiger partial charge < -0.3 is 15.1 Å².